The van der Waals surface area contributed by atoms with Crippen molar-refractivity contribution in [3.05, 3.63) is 64.2 Å². The van der Waals surface area contributed by atoms with Crippen molar-refractivity contribution >= 4 is 23.5 Å². The number of rotatable bonds is 6. The van der Waals surface area contributed by atoms with Crippen LogP contribution in [0.15, 0.2) is 42.5 Å². The van der Waals surface area contributed by atoms with Gasteiger partial charge in [-0.15, -0.1) is 0 Å². The lowest BCUT2D eigenvalue weighted by molar-refractivity contribution is 0.104. The van der Waals surface area contributed by atoms with Crippen LogP contribution in [-0.4, -0.2) is 37.0 Å². The van der Waals surface area contributed by atoms with E-state index in [-0.39, 0.29) is 17.1 Å². The van der Waals surface area contributed by atoms with Gasteiger partial charge in [0, 0.05) is 23.2 Å². The molecule has 0 aliphatic carbocycles. The molecular formula is C19H20ClNO3. The van der Waals surface area contributed by atoms with E-state index >= 15 is 0 Å². The van der Waals surface area contributed by atoms with Crippen LogP contribution in [0.1, 0.15) is 21.5 Å². The minimum absolute atomic E-state index is 0.0971. The van der Waals surface area contributed by atoms with Crippen LogP contribution in [-0.2, 0) is 6.54 Å². The summed E-state index contributed by atoms with van der Waals surface area (Å²) in [6, 6.07) is 10.3. The number of ether oxygens (including phenoxy) is 1. The number of aromatic hydroxyl groups is 1. The lowest BCUT2D eigenvalue weighted by Gasteiger charge is -2.15. The number of ketones is 1. The van der Waals surface area contributed by atoms with Crippen molar-refractivity contribution in [3.63, 3.8) is 0 Å². The molecule has 0 heterocycles. The lowest BCUT2D eigenvalue weighted by Crippen LogP contribution is -2.12. The van der Waals surface area contributed by atoms with E-state index in [1.807, 2.05) is 31.1 Å². The van der Waals surface area contributed by atoms with E-state index in [0.717, 1.165) is 11.1 Å². The first-order valence-electron chi connectivity index (χ1n) is 7.43. The van der Waals surface area contributed by atoms with E-state index in [1.54, 1.807) is 24.3 Å². The molecule has 0 spiro atoms. The molecule has 0 atom stereocenters. The van der Waals surface area contributed by atoms with E-state index in [0.29, 0.717) is 17.3 Å². The van der Waals surface area contributed by atoms with Gasteiger partial charge in [0.15, 0.2) is 5.78 Å². The number of allylic oxidation sites excluding steroid dienone is 1. The second-order valence-corrected chi connectivity index (χ2v) is 6.10. The van der Waals surface area contributed by atoms with Gasteiger partial charge >= 0.3 is 0 Å². The number of nitrogens with zero attached hydrogens (tertiary/aromatic N) is 1. The van der Waals surface area contributed by atoms with E-state index in [9.17, 15) is 9.90 Å². The Labute approximate surface area is 146 Å². The number of benzene rings is 2. The van der Waals surface area contributed by atoms with Crippen LogP contribution in [0, 0.1) is 0 Å². The Morgan fingerprint density at radius 1 is 1.25 bits per heavy atom. The Bertz CT molecular complexity index is 752. The molecule has 0 aliphatic heterocycles. The SMILES string of the molecule is COc1cc(O)c(C(=O)/C=C/c2ccc(Cl)cc2)cc1CN(C)C. The van der Waals surface area contributed by atoms with Crippen LogP contribution in [0.2, 0.25) is 5.02 Å². The quantitative estimate of drug-likeness (QED) is 0.634. The highest BCUT2D eigenvalue weighted by Crippen LogP contribution is 2.29. The maximum absolute atomic E-state index is 12.4. The fourth-order valence-electron chi connectivity index (χ4n) is 2.30. The number of phenolic OH excluding ortho intramolecular Hbond substituents is 1. The number of hydrogen-bond donors (Lipinski definition) is 1. The van der Waals surface area contributed by atoms with Gasteiger partial charge in [0.25, 0.3) is 0 Å². The van der Waals surface area contributed by atoms with Gasteiger partial charge in [0.1, 0.15) is 11.5 Å². The summed E-state index contributed by atoms with van der Waals surface area (Å²) in [5.74, 6) is 0.185. The lowest BCUT2D eigenvalue weighted by atomic mass is 10.0. The molecule has 0 saturated heterocycles. The fourth-order valence-corrected chi connectivity index (χ4v) is 2.43. The van der Waals surface area contributed by atoms with Crippen molar-refractivity contribution in [1.29, 1.82) is 0 Å². The maximum Gasteiger partial charge on any atom is 0.189 e. The van der Waals surface area contributed by atoms with Crippen LogP contribution in [0.5, 0.6) is 11.5 Å². The molecule has 0 aliphatic rings. The normalized spacial score (nSPS) is 11.2. The van der Waals surface area contributed by atoms with Crippen molar-refractivity contribution in [2.45, 2.75) is 6.54 Å². The van der Waals surface area contributed by atoms with E-state index in [4.69, 9.17) is 16.3 Å². The summed E-state index contributed by atoms with van der Waals surface area (Å²) >= 11 is 5.84. The molecule has 2 aromatic rings. The van der Waals surface area contributed by atoms with Gasteiger partial charge in [0.2, 0.25) is 0 Å². The minimum Gasteiger partial charge on any atom is -0.507 e. The molecule has 0 fully saturated rings. The summed E-state index contributed by atoms with van der Waals surface area (Å²) in [5.41, 5.74) is 1.94. The van der Waals surface area contributed by atoms with Gasteiger partial charge in [-0.05, 0) is 43.9 Å². The summed E-state index contributed by atoms with van der Waals surface area (Å²) in [4.78, 5) is 14.4. The van der Waals surface area contributed by atoms with Crippen LogP contribution in [0.4, 0.5) is 0 Å². The third kappa shape index (κ3) is 4.60. The highest BCUT2D eigenvalue weighted by atomic mass is 35.5. The van der Waals surface area contributed by atoms with Crippen molar-refractivity contribution < 1.29 is 14.6 Å². The Kier molecular flexibility index (Phi) is 6.01. The number of hydrogen-bond acceptors (Lipinski definition) is 4. The van der Waals surface area contributed by atoms with Gasteiger partial charge in [-0.3, -0.25) is 4.79 Å². The molecule has 0 amide bonds. The van der Waals surface area contributed by atoms with Gasteiger partial charge in [0.05, 0.1) is 12.7 Å². The molecule has 0 unspecified atom stereocenters. The van der Waals surface area contributed by atoms with Gasteiger partial charge < -0.3 is 14.7 Å². The monoisotopic (exact) mass is 345 g/mol. The topological polar surface area (TPSA) is 49.8 Å². The molecule has 0 radical (unpaired) electrons. The van der Waals surface area contributed by atoms with Gasteiger partial charge in [-0.1, -0.05) is 29.8 Å². The highest BCUT2D eigenvalue weighted by molar-refractivity contribution is 6.30. The molecule has 1 N–H and O–H groups in total. The Balaban J connectivity index is 2.29. The third-order valence-electron chi connectivity index (χ3n) is 3.45. The average Bonchev–Trinajstić information content (AvgIpc) is 2.54. The predicted molar refractivity (Wildman–Crippen MR) is 96.9 cm³/mol. The molecule has 4 nitrogen and oxygen atoms in total. The van der Waals surface area contributed by atoms with Crippen LogP contribution < -0.4 is 4.74 Å². The van der Waals surface area contributed by atoms with Crippen molar-refractivity contribution in [2.24, 2.45) is 0 Å². The van der Waals surface area contributed by atoms with Crippen LogP contribution in [0.25, 0.3) is 6.08 Å². The summed E-state index contributed by atoms with van der Waals surface area (Å²) in [7, 11) is 5.39. The molecule has 0 aromatic heterocycles. The molecular weight excluding hydrogens is 326 g/mol. The maximum atomic E-state index is 12.4. The first-order valence-corrected chi connectivity index (χ1v) is 7.81. The number of methoxy groups -OCH3 is 1. The number of carbonyl (C=O) groups excluding carboxylic acids is 1. The molecule has 0 saturated carbocycles. The molecule has 2 rings (SSSR count). The van der Waals surface area contributed by atoms with Gasteiger partial charge in [-0.25, -0.2) is 0 Å². The van der Waals surface area contributed by atoms with Crippen molar-refractivity contribution in [1.82, 2.24) is 4.90 Å². The Morgan fingerprint density at radius 2 is 1.92 bits per heavy atom. The fraction of sp³-hybridized carbons (Fsp3) is 0.211. The average molecular weight is 346 g/mol. The largest absolute Gasteiger partial charge is 0.507 e. The predicted octanol–water partition coefficient (Wildman–Crippen LogP) is 4.01. The standard InChI is InChI=1S/C19H20ClNO3/c1-21(2)12-14-10-16(18(23)11-19(14)24-3)17(22)9-6-13-4-7-15(20)8-5-13/h4-11,23H,12H2,1-3H3/b9-6+. The molecule has 0 bridgehead atoms. The first kappa shape index (κ1) is 18.0. The summed E-state index contributed by atoms with van der Waals surface area (Å²) < 4.78 is 5.27. The zero-order valence-electron chi connectivity index (χ0n) is 13.9. The van der Waals surface area contributed by atoms with Crippen LogP contribution >= 0.6 is 11.6 Å². The third-order valence-corrected chi connectivity index (χ3v) is 3.70. The summed E-state index contributed by atoms with van der Waals surface area (Å²) in [5, 5.41) is 10.8. The molecule has 5 heteroatoms. The zero-order chi connectivity index (χ0) is 17.7. The second-order valence-electron chi connectivity index (χ2n) is 5.67. The van der Waals surface area contributed by atoms with E-state index in [1.165, 1.54) is 19.3 Å². The van der Waals surface area contributed by atoms with E-state index in [2.05, 4.69) is 0 Å². The molecule has 2 aromatic carbocycles. The molecule has 126 valence electrons. The van der Waals surface area contributed by atoms with Gasteiger partial charge in [-0.2, -0.15) is 0 Å². The smallest absolute Gasteiger partial charge is 0.189 e. The molecule has 24 heavy (non-hydrogen) atoms. The van der Waals surface area contributed by atoms with E-state index < -0.39 is 0 Å². The minimum atomic E-state index is -0.273. The van der Waals surface area contributed by atoms with Crippen molar-refractivity contribution in [2.75, 3.05) is 21.2 Å². The van der Waals surface area contributed by atoms with Crippen molar-refractivity contribution in [3.8, 4) is 11.5 Å². The number of phenols is 1. The second kappa shape index (κ2) is 7.99. The first-order chi connectivity index (χ1) is 11.4. The van der Waals surface area contributed by atoms with Crippen LogP contribution in [0.3, 0.4) is 0 Å². The highest BCUT2D eigenvalue weighted by Gasteiger charge is 2.14. The summed E-state index contributed by atoms with van der Waals surface area (Å²) in [6.07, 6.45) is 3.12. The zero-order valence-corrected chi connectivity index (χ0v) is 14.7. The Morgan fingerprint density at radius 3 is 2.50 bits per heavy atom. The Hall–Kier alpha value is -2.30. The number of halogens is 1. The number of carbonyl (C=O) groups is 1. The summed E-state index contributed by atoms with van der Waals surface area (Å²) in [6.45, 7) is 0.602.